The fourth-order valence-electron chi connectivity index (χ4n) is 3.05. The van der Waals surface area contributed by atoms with E-state index in [1.165, 1.54) is 15.2 Å². The van der Waals surface area contributed by atoms with Gasteiger partial charge in [0.15, 0.2) is 0 Å². The Morgan fingerprint density at radius 1 is 1.25 bits per heavy atom. The fourth-order valence-corrected chi connectivity index (χ4v) is 4.21. The van der Waals surface area contributed by atoms with Crippen LogP contribution in [0, 0.1) is 0 Å². The number of likely N-dealkylation sites (N-methyl/N-ethyl adjacent to an activating group) is 1. The maximum absolute atomic E-state index is 5.76. The van der Waals surface area contributed by atoms with Crippen LogP contribution in [0.3, 0.4) is 0 Å². The maximum atomic E-state index is 5.76. The van der Waals surface area contributed by atoms with Gasteiger partial charge in [-0.15, -0.1) is 0 Å². The second-order valence-corrected chi connectivity index (χ2v) is 6.75. The van der Waals surface area contributed by atoms with Crippen LogP contribution in [-0.4, -0.2) is 41.4 Å². The summed E-state index contributed by atoms with van der Waals surface area (Å²) in [6.45, 7) is 3.08. The zero-order valence-electron chi connectivity index (χ0n) is 13.5. The highest BCUT2D eigenvalue weighted by Gasteiger charge is 2.25. The number of nitrogens with one attached hydrogen (secondary N) is 2. The molecule has 4 rings (SSSR count). The molecule has 4 N–H and O–H groups in total. The van der Waals surface area contributed by atoms with Crippen LogP contribution < -0.4 is 16.4 Å². The topological polar surface area (TPSA) is 80.8 Å². The highest BCUT2D eigenvalue weighted by Crippen LogP contribution is 2.49. The standard InChI is InChI=1S/C17H20N6S/c1-19-7-8-21-12-2-3-13-15-16(22-23(13)9-5-18)11-10-20-6-4-14(11)24-17(12)15/h2-4,6,10,19,21H,5,7-9,18H2,1H3. The molecular weight excluding hydrogens is 320 g/mol. The van der Waals surface area contributed by atoms with E-state index in [0.717, 1.165) is 35.6 Å². The zero-order chi connectivity index (χ0) is 16.5. The summed E-state index contributed by atoms with van der Waals surface area (Å²) in [4.78, 5) is 6.72. The molecule has 7 heteroatoms. The minimum Gasteiger partial charge on any atom is -0.383 e. The van der Waals surface area contributed by atoms with Crippen molar-refractivity contribution in [3.63, 3.8) is 0 Å². The average Bonchev–Trinajstić information content (AvgIpc) is 2.97. The van der Waals surface area contributed by atoms with Crippen molar-refractivity contribution in [2.24, 2.45) is 5.73 Å². The van der Waals surface area contributed by atoms with E-state index < -0.39 is 0 Å². The summed E-state index contributed by atoms with van der Waals surface area (Å²) in [5.41, 5.74) is 10.2. The van der Waals surface area contributed by atoms with Crippen LogP contribution in [-0.2, 0) is 6.54 Å². The molecule has 2 aromatic heterocycles. The largest absolute Gasteiger partial charge is 0.383 e. The molecule has 0 bridgehead atoms. The maximum Gasteiger partial charge on any atom is 0.104 e. The molecule has 6 nitrogen and oxygen atoms in total. The molecular formula is C17H20N6S. The number of hydrogen-bond donors (Lipinski definition) is 3. The number of aromatic nitrogens is 3. The Morgan fingerprint density at radius 2 is 2.17 bits per heavy atom. The number of nitrogens with zero attached hydrogens (tertiary/aromatic N) is 3. The van der Waals surface area contributed by atoms with Crippen LogP contribution in [0.4, 0.5) is 5.69 Å². The molecule has 1 aromatic carbocycles. The first-order valence-electron chi connectivity index (χ1n) is 8.07. The number of hydrogen-bond acceptors (Lipinski definition) is 6. The van der Waals surface area contributed by atoms with E-state index in [2.05, 4.69) is 33.8 Å². The first-order chi connectivity index (χ1) is 11.8. The van der Waals surface area contributed by atoms with E-state index in [1.807, 2.05) is 24.1 Å². The SMILES string of the molecule is CNCCNc1ccc2c3c(nn2CCN)-c2cnccc2Sc13. The van der Waals surface area contributed by atoms with Crippen molar-refractivity contribution in [2.45, 2.75) is 16.3 Å². The number of anilines is 1. The van der Waals surface area contributed by atoms with Gasteiger partial charge in [0.05, 0.1) is 12.1 Å². The van der Waals surface area contributed by atoms with Gasteiger partial charge >= 0.3 is 0 Å². The van der Waals surface area contributed by atoms with Crippen LogP contribution in [0.15, 0.2) is 40.4 Å². The predicted octanol–water partition coefficient (Wildman–Crippen LogP) is 2.15. The van der Waals surface area contributed by atoms with Crippen LogP contribution in [0.5, 0.6) is 0 Å². The first-order valence-corrected chi connectivity index (χ1v) is 8.89. The Balaban J connectivity index is 1.90. The van der Waals surface area contributed by atoms with E-state index in [4.69, 9.17) is 10.8 Å². The third-order valence-corrected chi connectivity index (χ3v) is 5.35. The van der Waals surface area contributed by atoms with Gasteiger partial charge in [-0.25, -0.2) is 0 Å². The molecule has 1 aliphatic heterocycles. The fraction of sp³-hybridized carbons (Fsp3) is 0.294. The minimum absolute atomic E-state index is 0.570. The third-order valence-electron chi connectivity index (χ3n) is 4.15. The summed E-state index contributed by atoms with van der Waals surface area (Å²) >= 11 is 1.78. The Kier molecular flexibility index (Phi) is 4.13. The minimum atomic E-state index is 0.570. The number of pyridine rings is 1. The van der Waals surface area contributed by atoms with E-state index in [-0.39, 0.29) is 0 Å². The summed E-state index contributed by atoms with van der Waals surface area (Å²) in [5, 5.41) is 12.7. The van der Waals surface area contributed by atoms with Gasteiger partial charge < -0.3 is 16.4 Å². The molecule has 124 valence electrons. The molecule has 0 amide bonds. The molecule has 1 aliphatic rings. The molecule has 0 saturated heterocycles. The Morgan fingerprint density at radius 3 is 3.00 bits per heavy atom. The lowest BCUT2D eigenvalue weighted by Crippen LogP contribution is -2.18. The van der Waals surface area contributed by atoms with Gasteiger partial charge in [0.1, 0.15) is 5.69 Å². The zero-order valence-corrected chi connectivity index (χ0v) is 14.4. The highest BCUT2D eigenvalue weighted by molar-refractivity contribution is 8.00. The first kappa shape index (κ1) is 15.4. The molecule has 0 unspecified atom stereocenters. The quantitative estimate of drug-likeness (QED) is 0.467. The summed E-state index contributed by atoms with van der Waals surface area (Å²) in [7, 11) is 1.96. The summed E-state index contributed by atoms with van der Waals surface area (Å²) in [6, 6.07) is 6.33. The average molecular weight is 340 g/mol. The molecule has 0 atom stereocenters. The Hall–Kier alpha value is -2.09. The van der Waals surface area contributed by atoms with Crippen molar-refractivity contribution in [2.75, 3.05) is 32.0 Å². The van der Waals surface area contributed by atoms with Crippen LogP contribution >= 0.6 is 11.8 Å². The van der Waals surface area contributed by atoms with Gasteiger partial charge in [-0.1, -0.05) is 11.8 Å². The summed E-state index contributed by atoms with van der Waals surface area (Å²) in [6.07, 6.45) is 3.74. The lowest BCUT2D eigenvalue weighted by atomic mass is 10.1. The number of nitrogens with two attached hydrogens (primary N) is 1. The summed E-state index contributed by atoms with van der Waals surface area (Å²) in [5.74, 6) is 0. The van der Waals surface area contributed by atoms with Crippen LogP contribution in [0.25, 0.3) is 22.2 Å². The van der Waals surface area contributed by atoms with Crippen LogP contribution in [0.2, 0.25) is 0 Å². The highest BCUT2D eigenvalue weighted by atomic mass is 32.2. The van der Waals surface area contributed by atoms with Gasteiger partial charge in [0.25, 0.3) is 0 Å². The van der Waals surface area contributed by atoms with Crippen molar-refractivity contribution in [3.05, 3.63) is 30.6 Å². The van der Waals surface area contributed by atoms with Crippen molar-refractivity contribution in [1.29, 1.82) is 0 Å². The second kappa shape index (κ2) is 6.43. The molecule has 24 heavy (non-hydrogen) atoms. The Bertz CT molecular complexity index is 888. The summed E-state index contributed by atoms with van der Waals surface area (Å²) < 4.78 is 2.01. The Labute approximate surface area is 144 Å². The lowest BCUT2D eigenvalue weighted by Gasteiger charge is -2.18. The molecule has 0 saturated carbocycles. The lowest BCUT2D eigenvalue weighted by molar-refractivity contribution is 0.648. The number of benzene rings is 1. The van der Waals surface area contributed by atoms with E-state index in [1.54, 1.807) is 11.8 Å². The molecule has 0 fully saturated rings. The van der Waals surface area contributed by atoms with Gasteiger partial charge in [0, 0.05) is 58.5 Å². The van der Waals surface area contributed by atoms with Crippen molar-refractivity contribution in [1.82, 2.24) is 20.1 Å². The van der Waals surface area contributed by atoms with Gasteiger partial charge in [-0.05, 0) is 25.2 Å². The second-order valence-electron chi connectivity index (χ2n) is 5.70. The predicted molar refractivity (Wildman–Crippen MR) is 98.6 cm³/mol. The van der Waals surface area contributed by atoms with Crippen molar-refractivity contribution in [3.8, 4) is 11.3 Å². The smallest absolute Gasteiger partial charge is 0.104 e. The number of rotatable bonds is 6. The molecule has 3 aromatic rings. The normalized spacial score (nSPS) is 12.4. The molecule has 3 heterocycles. The van der Waals surface area contributed by atoms with E-state index in [0.29, 0.717) is 13.1 Å². The third kappa shape index (κ3) is 2.45. The molecule has 0 spiro atoms. The molecule has 0 radical (unpaired) electrons. The van der Waals surface area contributed by atoms with Crippen molar-refractivity contribution >= 4 is 28.4 Å². The molecule has 0 aliphatic carbocycles. The van der Waals surface area contributed by atoms with Gasteiger partial charge in [-0.3, -0.25) is 9.67 Å². The number of fused-ring (bicyclic) bond motifs is 2. The monoisotopic (exact) mass is 340 g/mol. The van der Waals surface area contributed by atoms with E-state index in [9.17, 15) is 0 Å². The van der Waals surface area contributed by atoms with Gasteiger partial charge in [-0.2, -0.15) is 5.10 Å². The van der Waals surface area contributed by atoms with Crippen LogP contribution in [0.1, 0.15) is 0 Å². The van der Waals surface area contributed by atoms with E-state index >= 15 is 0 Å². The van der Waals surface area contributed by atoms with Gasteiger partial charge in [0.2, 0.25) is 0 Å². The van der Waals surface area contributed by atoms with Crippen molar-refractivity contribution < 1.29 is 0 Å².